The Morgan fingerprint density at radius 2 is 2.31 bits per heavy atom. The van der Waals surface area contributed by atoms with Crippen LogP contribution < -0.4 is 5.32 Å². The van der Waals surface area contributed by atoms with Crippen LogP contribution in [0.15, 0.2) is 18.2 Å². The molecule has 0 aliphatic rings. The standard InChI is InChI=1S/C11H13ClFNO2/c1-2-16-11(15)7-14-6-8-3-4-10(13)9(12)5-8/h3-5,14H,2,6-7H2,1H3. The van der Waals surface area contributed by atoms with Crippen molar-refractivity contribution in [3.05, 3.63) is 34.6 Å². The second kappa shape index (κ2) is 6.45. The second-order valence-electron chi connectivity index (χ2n) is 3.16. The van der Waals surface area contributed by atoms with Crippen molar-refractivity contribution < 1.29 is 13.9 Å². The Bertz CT molecular complexity index is 371. The fourth-order valence-corrected chi connectivity index (χ4v) is 1.37. The lowest BCUT2D eigenvalue weighted by Gasteiger charge is -2.05. The summed E-state index contributed by atoms with van der Waals surface area (Å²) < 4.78 is 17.6. The number of hydrogen-bond acceptors (Lipinski definition) is 3. The first-order valence-corrected chi connectivity index (χ1v) is 5.31. The number of esters is 1. The van der Waals surface area contributed by atoms with Gasteiger partial charge in [-0.15, -0.1) is 0 Å². The van der Waals surface area contributed by atoms with Crippen LogP contribution in [0.3, 0.4) is 0 Å². The molecule has 5 heteroatoms. The number of hydrogen-bond donors (Lipinski definition) is 1. The Labute approximate surface area is 98.5 Å². The highest BCUT2D eigenvalue weighted by Gasteiger charge is 2.03. The van der Waals surface area contributed by atoms with Crippen molar-refractivity contribution in [1.82, 2.24) is 5.32 Å². The van der Waals surface area contributed by atoms with Crippen LogP contribution in [0.5, 0.6) is 0 Å². The van der Waals surface area contributed by atoms with Crippen LogP contribution in [0.4, 0.5) is 4.39 Å². The molecule has 0 saturated carbocycles. The Hall–Kier alpha value is -1.13. The Morgan fingerprint density at radius 3 is 2.94 bits per heavy atom. The van der Waals surface area contributed by atoms with Gasteiger partial charge in [0, 0.05) is 6.54 Å². The molecule has 0 radical (unpaired) electrons. The van der Waals surface area contributed by atoms with Crippen molar-refractivity contribution in [2.75, 3.05) is 13.2 Å². The predicted octanol–water partition coefficient (Wildman–Crippen LogP) is 2.13. The van der Waals surface area contributed by atoms with Crippen LogP contribution in [0, 0.1) is 5.82 Å². The summed E-state index contributed by atoms with van der Waals surface area (Å²) in [6.07, 6.45) is 0. The third-order valence-electron chi connectivity index (χ3n) is 1.89. The number of rotatable bonds is 5. The summed E-state index contributed by atoms with van der Waals surface area (Å²) in [6, 6.07) is 4.43. The van der Waals surface area contributed by atoms with Gasteiger partial charge in [0.1, 0.15) is 5.82 Å². The van der Waals surface area contributed by atoms with Crippen LogP contribution in [-0.2, 0) is 16.1 Å². The van der Waals surface area contributed by atoms with Crippen molar-refractivity contribution in [2.24, 2.45) is 0 Å². The molecule has 3 nitrogen and oxygen atoms in total. The molecule has 0 amide bonds. The number of halogens is 2. The number of benzene rings is 1. The predicted molar refractivity (Wildman–Crippen MR) is 59.7 cm³/mol. The molecule has 1 aromatic rings. The van der Waals surface area contributed by atoms with Crippen molar-refractivity contribution in [2.45, 2.75) is 13.5 Å². The van der Waals surface area contributed by atoms with Gasteiger partial charge in [0.15, 0.2) is 0 Å². The van der Waals surface area contributed by atoms with Gasteiger partial charge in [0.05, 0.1) is 18.2 Å². The summed E-state index contributed by atoms with van der Waals surface area (Å²) in [5.74, 6) is -0.758. The minimum absolute atomic E-state index is 0.0791. The second-order valence-corrected chi connectivity index (χ2v) is 3.56. The molecule has 88 valence electrons. The smallest absolute Gasteiger partial charge is 0.319 e. The van der Waals surface area contributed by atoms with Crippen LogP contribution in [0.2, 0.25) is 5.02 Å². The van der Waals surface area contributed by atoms with Gasteiger partial charge in [-0.3, -0.25) is 4.79 Å². The largest absolute Gasteiger partial charge is 0.465 e. The topological polar surface area (TPSA) is 38.3 Å². The van der Waals surface area contributed by atoms with E-state index in [4.69, 9.17) is 16.3 Å². The maximum Gasteiger partial charge on any atom is 0.319 e. The molecular weight excluding hydrogens is 233 g/mol. The third-order valence-corrected chi connectivity index (χ3v) is 2.18. The quantitative estimate of drug-likeness (QED) is 0.808. The molecule has 0 unspecified atom stereocenters. The average molecular weight is 246 g/mol. The van der Waals surface area contributed by atoms with Crippen LogP contribution in [0.1, 0.15) is 12.5 Å². The summed E-state index contributed by atoms with van der Waals surface area (Å²) >= 11 is 5.61. The van der Waals surface area contributed by atoms with E-state index in [2.05, 4.69) is 5.32 Å². The maximum atomic E-state index is 12.8. The monoisotopic (exact) mass is 245 g/mol. The molecule has 16 heavy (non-hydrogen) atoms. The third kappa shape index (κ3) is 4.16. The fourth-order valence-electron chi connectivity index (χ4n) is 1.17. The molecule has 1 rings (SSSR count). The van der Waals surface area contributed by atoms with Crippen molar-refractivity contribution in [1.29, 1.82) is 0 Å². The highest BCUT2D eigenvalue weighted by molar-refractivity contribution is 6.30. The van der Waals surface area contributed by atoms with E-state index in [0.717, 1.165) is 5.56 Å². The molecule has 0 aromatic heterocycles. The first-order chi connectivity index (χ1) is 7.63. The van der Waals surface area contributed by atoms with Gasteiger partial charge >= 0.3 is 5.97 Å². The van der Waals surface area contributed by atoms with E-state index in [-0.39, 0.29) is 17.5 Å². The van der Waals surface area contributed by atoms with Crippen molar-refractivity contribution in [3.8, 4) is 0 Å². The van der Waals surface area contributed by atoms with E-state index < -0.39 is 5.82 Å². The number of ether oxygens (including phenoxy) is 1. The highest BCUT2D eigenvalue weighted by Crippen LogP contribution is 2.15. The Balaban J connectivity index is 2.37. The van der Waals surface area contributed by atoms with E-state index in [1.165, 1.54) is 12.1 Å². The van der Waals surface area contributed by atoms with Gasteiger partial charge in [0.2, 0.25) is 0 Å². The first kappa shape index (κ1) is 12.9. The Morgan fingerprint density at radius 1 is 1.56 bits per heavy atom. The van der Waals surface area contributed by atoms with E-state index in [9.17, 15) is 9.18 Å². The zero-order valence-corrected chi connectivity index (χ0v) is 9.68. The van der Waals surface area contributed by atoms with Crippen LogP contribution >= 0.6 is 11.6 Å². The number of carbonyl (C=O) groups excluding carboxylic acids is 1. The lowest BCUT2D eigenvalue weighted by atomic mass is 10.2. The first-order valence-electron chi connectivity index (χ1n) is 4.93. The fraction of sp³-hybridized carbons (Fsp3) is 0.364. The molecule has 1 N–H and O–H groups in total. The van der Waals surface area contributed by atoms with Gasteiger partial charge < -0.3 is 10.1 Å². The van der Waals surface area contributed by atoms with E-state index in [0.29, 0.717) is 13.2 Å². The van der Waals surface area contributed by atoms with Gasteiger partial charge in [-0.1, -0.05) is 17.7 Å². The molecular formula is C11H13ClFNO2. The molecule has 0 bridgehead atoms. The van der Waals surface area contributed by atoms with E-state index >= 15 is 0 Å². The zero-order chi connectivity index (χ0) is 12.0. The highest BCUT2D eigenvalue weighted by atomic mass is 35.5. The summed E-state index contributed by atoms with van der Waals surface area (Å²) in [7, 11) is 0. The SMILES string of the molecule is CCOC(=O)CNCc1ccc(F)c(Cl)c1. The lowest BCUT2D eigenvalue weighted by molar-refractivity contribution is -0.142. The number of nitrogens with one attached hydrogen (secondary N) is 1. The van der Waals surface area contributed by atoms with Crippen LogP contribution in [-0.4, -0.2) is 19.1 Å². The van der Waals surface area contributed by atoms with E-state index in [1.54, 1.807) is 13.0 Å². The van der Waals surface area contributed by atoms with E-state index in [1.807, 2.05) is 0 Å². The van der Waals surface area contributed by atoms with Gasteiger partial charge in [-0.05, 0) is 24.6 Å². The molecule has 0 aliphatic heterocycles. The van der Waals surface area contributed by atoms with Crippen LogP contribution in [0.25, 0.3) is 0 Å². The molecule has 0 saturated heterocycles. The number of carbonyl (C=O) groups is 1. The maximum absolute atomic E-state index is 12.8. The minimum atomic E-state index is -0.448. The summed E-state index contributed by atoms with van der Waals surface area (Å²) in [6.45, 7) is 2.68. The molecule has 0 heterocycles. The molecule has 0 fully saturated rings. The normalized spacial score (nSPS) is 10.2. The van der Waals surface area contributed by atoms with Crippen molar-refractivity contribution >= 4 is 17.6 Å². The molecule has 1 aromatic carbocycles. The van der Waals surface area contributed by atoms with Gasteiger partial charge in [0.25, 0.3) is 0 Å². The summed E-state index contributed by atoms with van der Waals surface area (Å²) in [5.41, 5.74) is 0.815. The van der Waals surface area contributed by atoms with Crippen molar-refractivity contribution in [3.63, 3.8) is 0 Å². The Kier molecular flexibility index (Phi) is 5.22. The molecule has 0 aliphatic carbocycles. The van der Waals surface area contributed by atoms with Gasteiger partial charge in [-0.25, -0.2) is 4.39 Å². The average Bonchev–Trinajstić information content (AvgIpc) is 2.24. The zero-order valence-electron chi connectivity index (χ0n) is 8.93. The van der Waals surface area contributed by atoms with Gasteiger partial charge in [-0.2, -0.15) is 0 Å². The lowest BCUT2D eigenvalue weighted by Crippen LogP contribution is -2.24. The summed E-state index contributed by atoms with van der Waals surface area (Å²) in [4.78, 5) is 11.0. The molecule has 0 spiro atoms. The summed E-state index contributed by atoms with van der Waals surface area (Å²) in [5, 5.41) is 2.96. The minimum Gasteiger partial charge on any atom is -0.465 e. The molecule has 0 atom stereocenters.